The number of halogens is 3. The molecule has 0 aliphatic heterocycles. The standard InChI is InChI=1S/C22H11ClF2N2O2S/c23-15-3-1-13(2-4-15)22-18-7-5-16(24)10-20(18)27-12-21(22)30(28,29)17-6-8-19(25)14(9-17)11-26/h1-10,12H. The van der Waals surface area contributed by atoms with Gasteiger partial charge in [-0.1, -0.05) is 23.7 Å². The Balaban J connectivity index is 2.06. The van der Waals surface area contributed by atoms with E-state index in [2.05, 4.69) is 4.98 Å². The van der Waals surface area contributed by atoms with E-state index in [1.54, 1.807) is 30.3 Å². The zero-order chi connectivity index (χ0) is 21.5. The third kappa shape index (κ3) is 3.41. The van der Waals surface area contributed by atoms with Crippen molar-refractivity contribution in [2.24, 2.45) is 0 Å². The number of hydrogen-bond acceptors (Lipinski definition) is 4. The van der Waals surface area contributed by atoms with Crippen LogP contribution in [0.25, 0.3) is 22.0 Å². The molecule has 0 amide bonds. The molecule has 4 rings (SSSR count). The normalized spacial score (nSPS) is 11.4. The third-order valence-electron chi connectivity index (χ3n) is 4.59. The van der Waals surface area contributed by atoms with E-state index >= 15 is 0 Å². The van der Waals surface area contributed by atoms with Gasteiger partial charge in [0.2, 0.25) is 9.84 Å². The topological polar surface area (TPSA) is 70.8 Å². The maximum absolute atomic E-state index is 13.7. The molecule has 0 aliphatic carbocycles. The first-order valence-electron chi connectivity index (χ1n) is 8.60. The molecular weight excluding hydrogens is 430 g/mol. The molecule has 0 fully saturated rings. The molecule has 0 bridgehead atoms. The fourth-order valence-electron chi connectivity index (χ4n) is 3.15. The smallest absolute Gasteiger partial charge is 0.208 e. The van der Waals surface area contributed by atoms with Gasteiger partial charge < -0.3 is 0 Å². The molecule has 1 aromatic heterocycles. The average Bonchev–Trinajstić information content (AvgIpc) is 2.73. The lowest BCUT2D eigenvalue weighted by molar-refractivity contribution is 0.594. The number of hydrogen-bond donors (Lipinski definition) is 0. The summed E-state index contributed by atoms with van der Waals surface area (Å²) in [4.78, 5) is 3.71. The predicted molar refractivity (Wildman–Crippen MR) is 109 cm³/mol. The lowest BCUT2D eigenvalue weighted by Gasteiger charge is -2.14. The Morgan fingerprint density at radius 1 is 0.967 bits per heavy atom. The number of nitrogens with zero attached hydrogens (tertiary/aromatic N) is 2. The highest BCUT2D eigenvalue weighted by molar-refractivity contribution is 7.91. The average molecular weight is 441 g/mol. The van der Waals surface area contributed by atoms with Crippen molar-refractivity contribution >= 4 is 32.3 Å². The summed E-state index contributed by atoms with van der Waals surface area (Å²) in [6.45, 7) is 0. The highest BCUT2D eigenvalue weighted by atomic mass is 35.5. The van der Waals surface area contributed by atoms with Crippen LogP contribution in [0.2, 0.25) is 5.02 Å². The molecule has 0 saturated heterocycles. The first kappa shape index (κ1) is 20.0. The fraction of sp³-hybridized carbons (Fsp3) is 0. The Morgan fingerprint density at radius 3 is 2.40 bits per heavy atom. The lowest BCUT2D eigenvalue weighted by Crippen LogP contribution is -2.06. The monoisotopic (exact) mass is 440 g/mol. The number of rotatable bonds is 3. The molecule has 0 saturated carbocycles. The summed E-state index contributed by atoms with van der Waals surface area (Å²) in [6.07, 6.45) is 1.14. The van der Waals surface area contributed by atoms with Crippen LogP contribution in [0, 0.1) is 23.0 Å². The highest BCUT2D eigenvalue weighted by Gasteiger charge is 2.25. The predicted octanol–water partition coefficient (Wildman–Crippen LogP) is 5.54. The van der Waals surface area contributed by atoms with Gasteiger partial charge in [0.05, 0.1) is 20.9 Å². The molecular formula is C22H11ClF2N2O2S. The molecule has 0 spiro atoms. The lowest BCUT2D eigenvalue weighted by atomic mass is 10.0. The minimum atomic E-state index is -4.19. The summed E-state index contributed by atoms with van der Waals surface area (Å²) >= 11 is 5.97. The van der Waals surface area contributed by atoms with Crippen molar-refractivity contribution in [1.82, 2.24) is 4.98 Å². The van der Waals surface area contributed by atoms with Gasteiger partial charge in [-0.3, -0.25) is 4.98 Å². The summed E-state index contributed by atoms with van der Waals surface area (Å²) in [7, 11) is -4.19. The van der Waals surface area contributed by atoms with Gasteiger partial charge in [0.25, 0.3) is 0 Å². The van der Waals surface area contributed by atoms with Crippen LogP contribution in [-0.4, -0.2) is 13.4 Å². The van der Waals surface area contributed by atoms with Crippen molar-refractivity contribution in [2.45, 2.75) is 9.79 Å². The van der Waals surface area contributed by atoms with Crippen molar-refractivity contribution < 1.29 is 17.2 Å². The van der Waals surface area contributed by atoms with Crippen molar-refractivity contribution in [2.75, 3.05) is 0 Å². The molecule has 4 nitrogen and oxygen atoms in total. The summed E-state index contributed by atoms with van der Waals surface area (Å²) in [6, 6.07) is 15.0. The summed E-state index contributed by atoms with van der Waals surface area (Å²) in [5, 5.41) is 9.94. The van der Waals surface area contributed by atoms with E-state index in [9.17, 15) is 17.2 Å². The van der Waals surface area contributed by atoms with Crippen LogP contribution in [0.5, 0.6) is 0 Å². The Labute approximate surface area is 175 Å². The van der Waals surface area contributed by atoms with Crippen molar-refractivity contribution in [3.63, 3.8) is 0 Å². The second-order valence-corrected chi connectivity index (χ2v) is 8.78. The van der Waals surface area contributed by atoms with Gasteiger partial charge in [0.1, 0.15) is 17.7 Å². The number of pyridine rings is 1. The number of fused-ring (bicyclic) bond motifs is 1. The minimum absolute atomic E-state index is 0.153. The maximum atomic E-state index is 13.7. The van der Waals surface area contributed by atoms with Gasteiger partial charge in [0, 0.05) is 28.2 Å². The summed E-state index contributed by atoms with van der Waals surface area (Å²) in [5.41, 5.74) is 0.717. The number of benzene rings is 3. The molecule has 148 valence electrons. The molecule has 8 heteroatoms. The molecule has 0 radical (unpaired) electrons. The number of nitriles is 1. The van der Waals surface area contributed by atoms with Gasteiger partial charge in [0.15, 0.2) is 0 Å². The van der Waals surface area contributed by atoms with Crippen LogP contribution in [0.4, 0.5) is 8.78 Å². The highest BCUT2D eigenvalue weighted by Crippen LogP contribution is 2.37. The second-order valence-electron chi connectivity index (χ2n) is 6.42. The molecule has 0 unspecified atom stereocenters. The van der Waals surface area contributed by atoms with Crippen LogP contribution < -0.4 is 0 Å². The van der Waals surface area contributed by atoms with Gasteiger partial charge in [-0.2, -0.15) is 5.26 Å². The van der Waals surface area contributed by atoms with Crippen LogP contribution in [-0.2, 0) is 9.84 Å². The van der Waals surface area contributed by atoms with E-state index in [4.69, 9.17) is 16.9 Å². The molecule has 0 aliphatic rings. The Kier molecular flexibility index (Phi) is 4.98. The van der Waals surface area contributed by atoms with E-state index in [1.807, 2.05) is 0 Å². The van der Waals surface area contributed by atoms with Gasteiger partial charge in [-0.15, -0.1) is 0 Å². The van der Waals surface area contributed by atoms with Crippen LogP contribution in [0.1, 0.15) is 5.56 Å². The fourth-order valence-corrected chi connectivity index (χ4v) is 4.74. The molecule has 30 heavy (non-hydrogen) atoms. The second kappa shape index (κ2) is 7.48. The Bertz CT molecular complexity index is 1450. The van der Waals surface area contributed by atoms with Crippen LogP contribution in [0.3, 0.4) is 0 Å². The van der Waals surface area contributed by atoms with Gasteiger partial charge in [-0.25, -0.2) is 17.2 Å². The Hall–Kier alpha value is -3.34. The number of sulfone groups is 1. The van der Waals surface area contributed by atoms with Crippen molar-refractivity contribution in [3.05, 3.63) is 89.1 Å². The van der Waals surface area contributed by atoms with E-state index in [0.717, 1.165) is 24.4 Å². The first-order chi connectivity index (χ1) is 14.3. The zero-order valence-electron chi connectivity index (χ0n) is 15.1. The van der Waals surface area contributed by atoms with Crippen molar-refractivity contribution in [3.8, 4) is 17.2 Å². The largest absolute Gasteiger partial charge is 0.255 e. The SMILES string of the molecule is N#Cc1cc(S(=O)(=O)c2cnc3cc(F)ccc3c2-c2ccc(Cl)cc2)ccc1F. The molecule has 0 atom stereocenters. The zero-order valence-corrected chi connectivity index (χ0v) is 16.7. The minimum Gasteiger partial charge on any atom is -0.255 e. The van der Waals surface area contributed by atoms with E-state index in [0.29, 0.717) is 21.5 Å². The van der Waals surface area contributed by atoms with E-state index in [1.165, 1.54) is 18.2 Å². The maximum Gasteiger partial charge on any atom is 0.208 e. The Morgan fingerprint density at radius 2 is 1.70 bits per heavy atom. The molecule has 4 aromatic rings. The first-order valence-corrected chi connectivity index (χ1v) is 10.5. The third-order valence-corrected chi connectivity index (χ3v) is 6.60. The van der Waals surface area contributed by atoms with E-state index < -0.39 is 21.5 Å². The van der Waals surface area contributed by atoms with Crippen LogP contribution >= 0.6 is 11.6 Å². The van der Waals surface area contributed by atoms with Crippen molar-refractivity contribution in [1.29, 1.82) is 5.26 Å². The summed E-state index contributed by atoms with van der Waals surface area (Å²) < 4.78 is 54.2. The van der Waals surface area contributed by atoms with E-state index in [-0.39, 0.29) is 20.9 Å². The van der Waals surface area contributed by atoms with Gasteiger partial charge in [-0.05, 0) is 48.0 Å². The molecule has 3 aromatic carbocycles. The molecule has 0 N–H and O–H groups in total. The summed E-state index contributed by atoms with van der Waals surface area (Å²) in [5.74, 6) is -1.33. The van der Waals surface area contributed by atoms with Crippen LogP contribution in [0.15, 0.2) is 76.7 Å². The molecule has 1 heterocycles. The quantitative estimate of drug-likeness (QED) is 0.392. The van der Waals surface area contributed by atoms with Gasteiger partial charge >= 0.3 is 0 Å². The number of aromatic nitrogens is 1.